The van der Waals surface area contributed by atoms with Crippen molar-refractivity contribution in [2.24, 2.45) is 0 Å². The first kappa shape index (κ1) is 13.6. The Kier molecular flexibility index (Phi) is 4.09. The molecule has 1 aromatic carbocycles. The van der Waals surface area contributed by atoms with E-state index < -0.39 is 27.2 Å². The van der Waals surface area contributed by atoms with Crippen LogP contribution in [0.5, 0.6) is 0 Å². The maximum absolute atomic E-state index is 13.5. The minimum atomic E-state index is -3.48. The molecular weight excluding hydrogens is 323 g/mol. The highest BCUT2D eigenvalue weighted by Gasteiger charge is 2.19. The van der Waals surface area contributed by atoms with Crippen molar-refractivity contribution in [1.29, 1.82) is 0 Å². The van der Waals surface area contributed by atoms with Crippen LogP contribution in [0.3, 0.4) is 0 Å². The quantitative estimate of drug-likeness (QED) is 0.632. The van der Waals surface area contributed by atoms with Crippen LogP contribution in [0, 0.1) is 5.82 Å². The second-order valence-corrected chi connectivity index (χ2v) is 6.59. The van der Waals surface area contributed by atoms with Gasteiger partial charge in [0.1, 0.15) is 5.75 Å². The minimum Gasteiger partial charge on any atom is -0.293 e. The van der Waals surface area contributed by atoms with Gasteiger partial charge in [-0.2, -0.15) is 0 Å². The molecule has 88 valence electrons. The smallest absolute Gasteiger partial charge is 0.180 e. The molecule has 1 rings (SSSR count). The van der Waals surface area contributed by atoms with Gasteiger partial charge in [0.05, 0.1) is 10.6 Å². The van der Waals surface area contributed by atoms with E-state index in [1.165, 1.54) is 12.1 Å². The maximum Gasteiger partial charge on any atom is 0.180 e. The van der Waals surface area contributed by atoms with E-state index in [1.54, 1.807) is 0 Å². The Hall–Kier alpha value is -0.460. The number of hydrogen-bond acceptors (Lipinski definition) is 3. The highest BCUT2D eigenvalue weighted by atomic mass is 79.9. The summed E-state index contributed by atoms with van der Waals surface area (Å²) >= 11 is 8.56. The van der Waals surface area contributed by atoms with Crippen molar-refractivity contribution in [2.75, 3.05) is 12.0 Å². The van der Waals surface area contributed by atoms with Gasteiger partial charge >= 0.3 is 0 Å². The topological polar surface area (TPSA) is 51.2 Å². The Labute approximate surface area is 106 Å². The Morgan fingerprint density at radius 1 is 1.50 bits per heavy atom. The first-order valence-corrected chi connectivity index (χ1v) is 7.30. The molecule has 3 nitrogen and oxygen atoms in total. The molecular formula is C9H7BrClFO3S. The molecule has 0 heterocycles. The number of hydrogen-bond donors (Lipinski definition) is 0. The van der Waals surface area contributed by atoms with E-state index in [4.69, 9.17) is 11.6 Å². The van der Waals surface area contributed by atoms with Crippen molar-refractivity contribution in [3.63, 3.8) is 0 Å². The summed E-state index contributed by atoms with van der Waals surface area (Å²) in [6, 6.07) is 2.58. The van der Waals surface area contributed by atoms with Crippen molar-refractivity contribution in [3.05, 3.63) is 33.0 Å². The Morgan fingerprint density at radius 3 is 2.56 bits per heavy atom. The molecule has 16 heavy (non-hydrogen) atoms. The normalized spacial score (nSPS) is 11.5. The lowest BCUT2D eigenvalue weighted by atomic mass is 10.1. The summed E-state index contributed by atoms with van der Waals surface area (Å²) < 4.78 is 35.6. The molecule has 0 aromatic heterocycles. The van der Waals surface area contributed by atoms with E-state index in [2.05, 4.69) is 15.9 Å². The summed E-state index contributed by atoms with van der Waals surface area (Å²) in [6.45, 7) is 0. The van der Waals surface area contributed by atoms with Crippen molar-refractivity contribution in [3.8, 4) is 0 Å². The third-order valence-corrected chi connectivity index (χ3v) is 3.77. The number of benzene rings is 1. The molecule has 0 aliphatic rings. The lowest BCUT2D eigenvalue weighted by Gasteiger charge is -2.04. The summed E-state index contributed by atoms with van der Waals surface area (Å²) in [5.41, 5.74) is -0.321. The zero-order chi connectivity index (χ0) is 12.5. The number of rotatable bonds is 3. The second kappa shape index (κ2) is 4.81. The van der Waals surface area contributed by atoms with Crippen LogP contribution in [0.4, 0.5) is 4.39 Å². The monoisotopic (exact) mass is 328 g/mol. The zero-order valence-corrected chi connectivity index (χ0v) is 11.3. The fourth-order valence-corrected chi connectivity index (χ4v) is 2.16. The van der Waals surface area contributed by atoms with Gasteiger partial charge in [0, 0.05) is 10.7 Å². The van der Waals surface area contributed by atoms with Crippen LogP contribution in [-0.4, -0.2) is 26.2 Å². The van der Waals surface area contributed by atoms with Gasteiger partial charge in [-0.15, -0.1) is 0 Å². The summed E-state index contributed by atoms with van der Waals surface area (Å²) in [7, 11) is -3.48. The third kappa shape index (κ3) is 3.26. The Morgan fingerprint density at radius 2 is 2.06 bits per heavy atom. The SMILES string of the molecule is CS(=O)(=O)CC(=O)c1ccc(Br)c(Cl)c1F. The molecule has 0 aliphatic heterocycles. The van der Waals surface area contributed by atoms with Gasteiger partial charge in [-0.3, -0.25) is 4.79 Å². The van der Waals surface area contributed by atoms with Crippen molar-refractivity contribution < 1.29 is 17.6 Å². The van der Waals surface area contributed by atoms with Crippen LogP contribution in [0.15, 0.2) is 16.6 Å². The zero-order valence-electron chi connectivity index (χ0n) is 8.13. The average molecular weight is 330 g/mol. The molecule has 0 fully saturated rings. The van der Waals surface area contributed by atoms with Crippen LogP contribution >= 0.6 is 27.5 Å². The van der Waals surface area contributed by atoms with Crippen molar-refractivity contribution in [1.82, 2.24) is 0 Å². The third-order valence-electron chi connectivity index (χ3n) is 1.73. The molecule has 0 radical (unpaired) electrons. The Bertz CT molecular complexity index is 542. The van der Waals surface area contributed by atoms with Gasteiger partial charge in [-0.1, -0.05) is 11.6 Å². The molecule has 0 saturated carbocycles. The van der Waals surface area contributed by atoms with Crippen LogP contribution in [0.2, 0.25) is 5.02 Å². The summed E-state index contributed by atoms with van der Waals surface area (Å²) in [5, 5.41) is -0.237. The number of ketones is 1. The predicted octanol–water partition coefficient (Wildman–Crippen LogP) is 2.47. The van der Waals surface area contributed by atoms with Gasteiger partial charge in [0.25, 0.3) is 0 Å². The predicted molar refractivity (Wildman–Crippen MR) is 63.2 cm³/mol. The number of carbonyl (C=O) groups excluding carboxylic acids is 1. The second-order valence-electron chi connectivity index (χ2n) is 3.22. The van der Waals surface area contributed by atoms with Gasteiger partial charge in [0.15, 0.2) is 21.4 Å². The van der Waals surface area contributed by atoms with Crippen LogP contribution in [0.1, 0.15) is 10.4 Å². The van der Waals surface area contributed by atoms with E-state index in [0.717, 1.165) is 6.26 Å². The Balaban J connectivity index is 3.16. The first-order chi connectivity index (χ1) is 7.22. The molecule has 0 spiro atoms. The van der Waals surface area contributed by atoms with Gasteiger partial charge in [-0.05, 0) is 28.1 Å². The maximum atomic E-state index is 13.5. The molecule has 0 atom stereocenters. The summed E-state index contributed by atoms with van der Waals surface area (Å²) in [4.78, 5) is 11.5. The summed E-state index contributed by atoms with van der Waals surface area (Å²) in [6.07, 6.45) is 0.906. The first-order valence-electron chi connectivity index (χ1n) is 4.07. The standard InChI is InChI=1S/C9H7BrClFO3S/c1-16(14,15)4-7(13)5-2-3-6(10)8(11)9(5)12/h2-3H,4H2,1H3. The molecule has 7 heteroatoms. The molecule has 0 unspecified atom stereocenters. The molecule has 0 aliphatic carbocycles. The van der Waals surface area contributed by atoms with Crippen molar-refractivity contribution >= 4 is 43.2 Å². The number of Topliss-reactive ketones (excluding diaryl/α,β-unsaturated/α-hetero) is 1. The van der Waals surface area contributed by atoms with Gasteiger partial charge in [-0.25, -0.2) is 12.8 Å². The average Bonchev–Trinajstić information content (AvgIpc) is 2.11. The van der Waals surface area contributed by atoms with E-state index in [1.807, 2.05) is 0 Å². The largest absolute Gasteiger partial charge is 0.293 e. The van der Waals surface area contributed by atoms with Crippen LogP contribution < -0.4 is 0 Å². The van der Waals surface area contributed by atoms with E-state index in [0.29, 0.717) is 4.47 Å². The highest BCUT2D eigenvalue weighted by Crippen LogP contribution is 2.27. The van der Waals surface area contributed by atoms with Crippen LogP contribution in [-0.2, 0) is 9.84 Å². The van der Waals surface area contributed by atoms with Gasteiger partial charge < -0.3 is 0 Å². The highest BCUT2D eigenvalue weighted by molar-refractivity contribution is 9.10. The molecule has 0 saturated heterocycles. The van der Waals surface area contributed by atoms with Crippen molar-refractivity contribution in [2.45, 2.75) is 0 Å². The molecule has 1 aromatic rings. The fraction of sp³-hybridized carbons (Fsp3) is 0.222. The van der Waals surface area contributed by atoms with Crippen LogP contribution in [0.25, 0.3) is 0 Å². The lowest BCUT2D eigenvalue weighted by Crippen LogP contribution is -2.16. The lowest BCUT2D eigenvalue weighted by molar-refractivity contribution is 0.101. The summed E-state index contributed by atoms with van der Waals surface area (Å²) in [5.74, 6) is -2.46. The van der Waals surface area contributed by atoms with E-state index in [9.17, 15) is 17.6 Å². The van der Waals surface area contributed by atoms with E-state index in [-0.39, 0.29) is 10.6 Å². The fourth-order valence-electron chi connectivity index (χ4n) is 1.06. The van der Waals surface area contributed by atoms with E-state index >= 15 is 0 Å². The van der Waals surface area contributed by atoms with Gasteiger partial charge in [0.2, 0.25) is 0 Å². The molecule has 0 amide bonds. The number of carbonyl (C=O) groups is 1. The molecule has 0 bridgehead atoms. The number of sulfone groups is 1. The minimum absolute atomic E-state index is 0.237. The molecule has 0 N–H and O–H groups in total. The number of halogens is 3.